The number of nitrogens with one attached hydrogen (secondary N) is 1. The van der Waals surface area contributed by atoms with E-state index < -0.39 is 22.0 Å². The van der Waals surface area contributed by atoms with E-state index in [0.29, 0.717) is 12.0 Å². The number of benzene rings is 2. The first-order valence-electron chi connectivity index (χ1n) is 8.73. The quantitative estimate of drug-likeness (QED) is 0.679. The zero-order chi connectivity index (χ0) is 19.0. The summed E-state index contributed by atoms with van der Waals surface area (Å²) < 4.78 is 33.1. The summed E-state index contributed by atoms with van der Waals surface area (Å²) in [6.07, 6.45) is 2.36. The van der Waals surface area contributed by atoms with Gasteiger partial charge in [-0.3, -0.25) is 0 Å². The van der Waals surface area contributed by atoms with E-state index in [1.54, 1.807) is 48.5 Å². The van der Waals surface area contributed by atoms with Crippen molar-refractivity contribution in [3.05, 3.63) is 65.7 Å². The van der Waals surface area contributed by atoms with Crippen LogP contribution in [0.15, 0.2) is 59.5 Å². The number of carbonyl (C=O) groups excluding carboxylic acids is 1. The van der Waals surface area contributed by atoms with Crippen molar-refractivity contribution in [3.63, 3.8) is 0 Å². The summed E-state index contributed by atoms with van der Waals surface area (Å²) in [6, 6.07) is 14.9. The van der Waals surface area contributed by atoms with Crippen molar-refractivity contribution in [3.8, 4) is 0 Å². The van der Waals surface area contributed by atoms with Crippen LogP contribution in [0.4, 0.5) is 0 Å². The Balaban J connectivity index is 2.04. The van der Waals surface area contributed by atoms with Gasteiger partial charge in [-0.1, -0.05) is 55.7 Å². The molecule has 2 rings (SSSR count). The molecule has 1 unspecified atom stereocenters. The van der Waals surface area contributed by atoms with Gasteiger partial charge in [0.25, 0.3) is 0 Å². The van der Waals surface area contributed by atoms with E-state index in [9.17, 15) is 13.2 Å². The fraction of sp³-hybridized carbons (Fsp3) is 0.350. The molecule has 1 atom stereocenters. The van der Waals surface area contributed by atoms with Crippen LogP contribution in [0.1, 0.15) is 42.1 Å². The Morgan fingerprint density at radius 2 is 1.73 bits per heavy atom. The molecule has 1 N–H and O–H groups in total. The first-order chi connectivity index (χ1) is 12.4. The zero-order valence-electron chi connectivity index (χ0n) is 15.1. The average Bonchev–Trinajstić information content (AvgIpc) is 2.64. The molecule has 0 aliphatic rings. The minimum atomic E-state index is -3.66. The van der Waals surface area contributed by atoms with Gasteiger partial charge in [0.05, 0.1) is 16.5 Å². The number of carbonyl (C=O) groups is 1. The Bertz CT molecular complexity index is 801. The summed E-state index contributed by atoms with van der Waals surface area (Å²) in [7, 11) is -3.66. The number of ether oxygens (including phenoxy) is 1. The molecule has 0 aliphatic carbocycles. The number of sulfonamides is 1. The Hall–Kier alpha value is -2.18. The maximum atomic E-state index is 12.6. The van der Waals surface area contributed by atoms with E-state index >= 15 is 0 Å². The zero-order valence-corrected chi connectivity index (χ0v) is 16.0. The number of rotatable bonds is 9. The van der Waals surface area contributed by atoms with Crippen molar-refractivity contribution in [2.45, 2.75) is 44.0 Å². The maximum absolute atomic E-state index is 12.6. The molecule has 0 spiro atoms. The molecule has 0 amide bonds. The Morgan fingerprint density at radius 3 is 2.35 bits per heavy atom. The second-order valence-electron chi connectivity index (χ2n) is 6.24. The predicted octanol–water partition coefficient (Wildman–Crippen LogP) is 3.69. The Morgan fingerprint density at radius 1 is 1.08 bits per heavy atom. The minimum Gasteiger partial charge on any atom is -0.460 e. The molecule has 2 aromatic carbocycles. The van der Waals surface area contributed by atoms with E-state index in [1.807, 2.05) is 19.9 Å². The third-order valence-corrected chi connectivity index (χ3v) is 5.52. The summed E-state index contributed by atoms with van der Waals surface area (Å²) in [5.41, 5.74) is 1.44. The predicted molar refractivity (Wildman–Crippen MR) is 102 cm³/mol. The smallest absolute Gasteiger partial charge is 0.338 e. The highest BCUT2D eigenvalue weighted by atomic mass is 32.2. The van der Waals surface area contributed by atoms with Crippen LogP contribution in [-0.4, -0.2) is 27.0 Å². The largest absolute Gasteiger partial charge is 0.460 e. The van der Waals surface area contributed by atoms with Crippen molar-refractivity contribution >= 4 is 16.0 Å². The number of hydrogen-bond acceptors (Lipinski definition) is 4. The van der Waals surface area contributed by atoms with Crippen molar-refractivity contribution in [1.82, 2.24) is 4.72 Å². The van der Waals surface area contributed by atoms with Crippen LogP contribution in [0.5, 0.6) is 0 Å². The van der Waals surface area contributed by atoms with Gasteiger partial charge in [-0.15, -0.1) is 0 Å². The normalized spacial score (nSPS) is 12.5. The summed E-state index contributed by atoms with van der Waals surface area (Å²) in [5.74, 6) is -0.457. The van der Waals surface area contributed by atoms with Crippen LogP contribution < -0.4 is 4.72 Å². The molecular weight excluding hydrogens is 350 g/mol. The molecule has 0 saturated carbocycles. The van der Waals surface area contributed by atoms with Crippen molar-refractivity contribution in [1.29, 1.82) is 0 Å². The summed E-state index contributed by atoms with van der Waals surface area (Å²) in [5, 5.41) is 0. The van der Waals surface area contributed by atoms with Gasteiger partial charge in [-0.25, -0.2) is 17.9 Å². The molecular formula is C20H25NO4S. The number of unbranched alkanes of at least 4 members (excludes halogenated alkanes) is 1. The molecule has 0 bridgehead atoms. The van der Waals surface area contributed by atoms with Crippen LogP contribution in [0, 0.1) is 6.92 Å². The molecule has 2 aromatic rings. The average molecular weight is 375 g/mol. The second-order valence-corrected chi connectivity index (χ2v) is 7.95. The summed E-state index contributed by atoms with van der Waals surface area (Å²) in [4.78, 5) is 12.3. The summed E-state index contributed by atoms with van der Waals surface area (Å²) >= 11 is 0. The standard InChI is InChI=1S/C20H25NO4S/c1-3-4-10-18(15-25-20(22)17-8-6-5-7-9-17)21-26(23,24)19-13-11-16(2)12-14-19/h5-9,11-14,18,21H,3-4,10,15H2,1-2H3. The summed E-state index contributed by atoms with van der Waals surface area (Å²) in [6.45, 7) is 3.93. The fourth-order valence-corrected chi connectivity index (χ4v) is 3.72. The topological polar surface area (TPSA) is 72.5 Å². The fourth-order valence-electron chi connectivity index (χ4n) is 2.47. The molecule has 0 aromatic heterocycles. The molecule has 0 saturated heterocycles. The van der Waals surface area contributed by atoms with Gasteiger partial charge < -0.3 is 4.74 Å². The third-order valence-electron chi connectivity index (χ3n) is 3.98. The molecule has 0 heterocycles. The van der Waals surface area contributed by atoms with Gasteiger partial charge in [-0.2, -0.15) is 0 Å². The highest BCUT2D eigenvalue weighted by molar-refractivity contribution is 7.89. The lowest BCUT2D eigenvalue weighted by Crippen LogP contribution is -2.38. The van der Waals surface area contributed by atoms with Crippen molar-refractivity contribution in [2.75, 3.05) is 6.61 Å². The van der Waals surface area contributed by atoms with Crippen LogP contribution in [0.25, 0.3) is 0 Å². The highest BCUT2D eigenvalue weighted by Gasteiger charge is 2.21. The van der Waals surface area contributed by atoms with Gasteiger partial charge in [0.1, 0.15) is 6.61 Å². The van der Waals surface area contributed by atoms with Gasteiger partial charge >= 0.3 is 5.97 Å². The molecule has 140 valence electrons. The van der Waals surface area contributed by atoms with Gasteiger partial charge in [0.2, 0.25) is 10.0 Å². The van der Waals surface area contributed by atoms with Crippen LogP contribution in [-0.2, 0) is 14.8 Å². The van der Waals surface area contributed by atoms with Crippen LogP contribution >= 0.6 is 0 Å². The van der Waals surface area contributed by atoms with Crippen LogP contribution in [0.2, 0.25) is 0 Å². The third kappa shape index (κ3) is 5.97. The Labute approximate surface area is 155 Å². The first-order valence-corrected chi connectivity index (χ1v) is 10.2. The molecule has 0 radical (unpaired) electrons. The lowest BCUT2D eigenvalue weighted by molar-refractivity contribution is 0.0469. The van der Waals surface area contributed by atoms with Gasteiger partial charge in [-0.05, 0) is 37.6 Å². The van der Waals surface area contributed by atoms with E-state index in [-0.39, 0.29) is 11.5 Å². The monoisotopic (exact) mass is 375 g/mol. The van der Waals surface area contributed by atoms with E-state index in [1.165, 1.54) is 0 Å². The number of aryl methyl sites for hydroxylation is 1. The lowest BCUT2D eigenvalue weighted by Gasteiger charge is -2.19. The lowest BCUT2D eigenvalue weighted by atomic mass is 10.1. The molecule has 5 nitrogen and oxygen atoms in total. The maximum Gasteiger partial charge on any atom is 0.338 e. The van der Waals surface area contributed by atoms with Crippen molar-refractivity contribution < 1.29 is 17.9 Å². The Kier molecular flexibility index (Phi) is 7.36. The molecule has 26 heavy (non-hydrogen) atoms. The van der Waals surface area contributed by atoms with Gasteiger partial charge in [0.15, 0.2) is 0 Å². The van der Waals surface area contributed by atoms with Gasteiger partial charge in [0, 0.05) is 0 Å². The SMILES string of the molecule is CCCCC(COC(=O)c1ccccc1)NS(=O)(=O)c1ccc(C)cc1. The van der Waals surface area contributed by atoms with E-state index in [2.05, 4.69) is 4.72 Å². The second kappa shape index (κ2) is 9.50. The number of hydrogen-bond donors (Lipinski definition) is 1. The van der Waals surface area contributed by atoms with E-state index in [0.717, 1.165) is 18.4 Å². The van der Waals surface area contributed by atoms with E-state index in [4.69, 9.17) is 4.74 Å². The van der Waals surface area contributed by atoms with Crippen molar-refractivity contribution in [2.24, 2.45) is 0 Å². The minimum absolute atomic E-state index is 0.00117. The molecule has 0 aliphatic heterocycles. The molecule has 6 heteroatoms. The van der Waals surface area contributed by atoms with Crippen LogP contribution in [0.3, 0.4) is 0 Å². The number of esters is 1. The highest BCUT2D eigenvalue weighted by Crippen LogP contribution is 2.13. The first kappa shape index (κ1) is 20.1. The molecule has 0 fully saturated rings.